The Bertz CT molecular complexity index is 395. The molecule has 4 nitrogen and oxygen atoms in total. The summed E-state index contributed by atoms with van der Waals surface area (Å²) in [5.41, 5.74) is 5.95. The van der Waals surface area contributed by atoms with Gasteiger partial charge in [0.2, 0.25) is 0 Å². The third kappa shape index (κ3) is 2.79. The van der Waals surface area contributed by atoms with Gasteiger partial charge in [0.25, 0.3) is 5.91 Å². The Morgan fingerprint density at radius 1 is 1.59 bits per heavy atom. The number of carbonyl (C=O) groups is 1. The van der Waals surface area contributed by atoms with Crippen molar-refractivity contribution in [3.8, 4) is 5.75 Å². The molecule has 0 aliphatic carbocycles. The van der Waals surface area contributed by atoms with Gasteiger partial charge < -0.3 is 15.4 Å². The van der Waals surface area contributed by atoms with Crippen LogP contribution >= 0.6 is 11.3 Å². The number of ether oxygens (including phenoxy) is 1. The van der Waals surface area contributed by atoms with Crippen LogP contribution in [0.5, 0.6) is 5.75 Å². The van der Waals surface area contributed by atoms with E-state index in [9.17, 15) is 4.79 Å². The van der Waals surface area contributed by atoms with E-state index in [4.69, 9.17) is 10.5 Å². The Balaban J connectivity index is 2.08. The fraction of sp³-hybridized carbons (Fsp3) is 0.583. The topological polar surface area (TPSA) is 55.6 Å². The standard InChI is InChI=1S/C12H18N2O2S/c1-8-3-9(13)6-14(5-8)12(15)11-4-10(16-2)7-17-11/h4,7-9H,3,5-6,13H2,1-2H3. The number of rotatable bonds is 2. The van der Waals surface area contributed by atoms with Crippen LogP contribution in [0, 0.1) is 5.92 Å². The molecule has 0 bridgehead atoms. The third-order valence-corrected chi connectivity index (χ3v) is 3.90. The van der Waals surface area contributed by atoms with E-state index in [1.807, 2.05) is 10.3 Å². The van der Waals surface area contributed by atoms with Crippen molar-refractivity contribution in [1.82, 2.24) is 4.90 Å². The molecule has 1 aliphatic heterocycles. The minimum Gasteiger partial charge on any atom is -0.496 e. The summed E-state index contributed by atoms with van der Waals surface area (Å²) in [5.74, 6) is 1.29. The van der Waals surface area contributed by atoms with Crippen LogP contribution in [0.3, 0.4) is 0 Å². The molecule has 0 radical (unpaired) electrons. The summed E-state index contributed by atoms with van der Waals surface area (Å²) in [5, 5.41) is 1.85. The first-order valence-electron chi connectivity index (χ1n) is 5.77. The van der Waals surface area contributed by atoms with E-state index in [2.05, 4.69) is 6.92 Å². The van der Waals surface area contributed by atoms with Gasteiger partial charge in [0.1, 0.15) is 5.75 Å². The quantitative estimate of drug-likeness (QED) is 0.871. The lowest BCUT2D eigenvalue weighted by molar-refractivity contribution is 0.0665. The molecule has 5 heteroatoms. The molecule has 2 heterocycles. The second kappa shape index (κ2) is 5.06. The lowest BCUT2D eigenvalue weighted by Gasteiger charge is -2.34. The highest BCUT2D eigenvalue weighted by atomic mass is 32.1. The summed E-state index contributed by atoms with van der Waals surface area (Å²) in [6, 6.07) is 1.89. The van der Waals surface area contributed by atoms with Gasteiger partial charge in [-0.15, -0.1) is 11.3 Å². The Morgan fingerprint density at radius 2 is 2.35 bits per heavy atom. The van der Waals surface area contributed by atoms with Crippen molar-refractivity contribution in [3.63, 3.8) is 0 Å². The highest BCUT2D eigenvalue weighted by molar-refractivity contribution is 7.12. The van der Waals surface area contributed by atoms with E-state index < -0.39 is 0 Å². The molecule has 94 valence electrons. The summed E-state index contributed by atoms with van der Waals surface area (Å²) in [6.45, 7) is 3.59. The minimum atomic E-state index is 0.0697. The fourth-order valence-electron chi connectivity index (χ4n) is 2.26. The van der Waals surface area contributed by atoms with Gasteiger partial charge in [0, 0.05) is 30.6 Å². The molecule has 0 spiro atoms. The molecule has 1 aliphatic rings. The molecule has 1 aromatic rings. The van der Waals surface area contributed by atoms with Crippen molar-refractivity contribution in [2.24, 2.45) is 11.7 Å². The van der Waals surface area contributed by atoms with Crippen LogP contribution in [0.15, 0.2) is 11.4 Å². The zero-order chi connectivity index (χ0) is 12.4. The SMILES string of the molecule is COc1csc(C(=O)N2CC(C)CC(N)C2)c1. The maximum absolute atomic E-state index is 12.2. The molecule has 1 amide bonds. The molecule has 2 N–H and O–H groups in total. The van der Waals surface area contributed by atoms with E-state index in [-0.39, 0.29) is 11.9 Å². The average Bonchev–Trinajstić information content (AvgIpc) is 2.75. The average molecular weight is 254 g/mol. The van der Waals surface area contributed by atoms with Crippen LogP contribution in [0.4, 0.5) is 0 Å². The summed E-state index contributed by atoms with van der Waals surface area (Å²) in [4.78, 5) is 14.8. The van der Waals surface area contributed by atoms with Crippen LogP contribution in [0.2, 0.25) is 0 Å². The van der Waals surface area contributed by atoms with E-state index in [0.29, 0.717) is 12.5 Å². The van der Waals surface area contributed by atoms with Crippen molar-refractivity contribution in [3.05, 3.63) is 16.3 Å². The van der Waals surface area contributed by atoms with Crippen LogP contribution in [-0.4, -0.2) is 37.0 Å². The number of methoxy groups -OCH3 is 1. The third-order valence-electron chi connectivity index (χ3n) is 3.00. The van der Waals surface area contributed by atoms with Gasteiger partial charge in [0.05, 0.1) is 12.0 Å². The maximum Gasteiger partial charge on any atom is 0.264 e. The number of hydrogen-bond acceptors (Lipinski definition) is 4. The number of piperidine rings is 1. The van der Waals surface area contributed by atoms with Gasteiger partial charge in [-0.2, -0.15) is 0 Å². The highest BCUT2D eigenvalue weighted by Crippen LogP contribution is 2.24. The van der Waals surface area contributed by atoms with Gasteiger partial charge in [0.15, 0.2) is 0 Å². The number of likely N-dealkylation sites (tertiary alicyclic amines) is 1. The van der Waals surface area contributed by atoms with Crippen LogP contribution < -0.4 is 10.5 Å². The fourth-order valence-corrected chi connectivity index (χ4v) is 3.08. The lowest BCUT2D eigenvalue weighted by atomic mass is 9.96. The van der Waals surface area contributed by atoms with Crippen molar-refractivity contribution in [2.75, 3.05) is 20.2 Å². The molecule has 1 aromatic heterocycles. The zero-order valence-electron chi connectivity index (χ0n) is 10.2. The van der Waals surface area contributed by atoms with Gasteiger partial charge in [-0.1, -0.05) is 6.92 Å². The largest absolute Gasteiger partial charge is 0.496 e. The van der Waals surface area contributed by atoms with E-state index in [0.717, 1.165) is 23.6 Å². The monoisotopic (exact) mass is 254 g/mol. The van der Waals surface area contributed by atoms with Crippen molar-refractivity contribution in [2.45, 2.75) is 19.4 Å². The normalized spacial score (nSPS) is 24.8. The van der Waals surface area contributed by atoms with Crippen LogP contribution in [0.25, 0.3) is 0 Å². The summed E-state index contributed by atoms with van der Waals surface area (Å²) in [6.07, 6.45) is 0.998. The Kier molecular flexibility index (Phi) is 3.69. The second-order valence-electron chi connectivity index (χ2n) is 4.66. The van der Waals surface area contributed by atoms with Crippen molar-refractivity contribution < 1.29 is 9.53 Å². The zero-order valence-corrected chi connectivity index (χ0v) is 11.0. The summed E-state index contributed by atoms with van der Waals surface area (Å²) >= 11 is 1.42. The van der Waals surface area contributed by atoms with E-state index in [1.54, 1.807) is 13.2 Å². The Morgan fingerprint density at radius 3 is 2.94 bits per heavy atom. The molecule has 0 aromatic carbocycles. The predicted octanol–water partition coefficient (Wildman–Crippen LogP) is 1.57. The molecule has 17 heavy (non-hydrogen) atoms. The number of nitrogens with two attached hydrogens (primary N) is 1. The molecule has 1 fully saturated rings. The van der Waals surface area contributed by atoms with Crippen molar-refractivity contribution in [1.29, 1.82) is 0 Å². The van der Waals surface area contributed by atoms with Crippen molar-refractivity contribution >= 4 is 17.2 Å². The number of carbonyl (C=O) groups excluding carboxylic acids is 1. The number of amides is 1. The minimum absolute atomic E-state index is 0.0697. The molecule has 2 atom stereocenters. The van der Waals surface area contributed by atoms with E-state index in [1.165, 1.54) is 11.3 Å². The van der Waals surface area contributed by atoms with Crippen LogP contribution in [0.1, 0.15) is 23.0 Å². The smallest absolute Gasteiger partial charge is 0.264 e. The van der Waals surface area contributed by atoms with Gasteiger partial charge in [-0.3, -0.25) is 4.79 Å². The van der Waals surface area contributed by atoms with Gasteiger partial charge in [-0.05, 0) is 12.3 Å². The first-order chi connectivity index (χ1) is 8.10. The molecule has 2 unspecified atom stereocenters. The molecule has 2 rings (SSSR count). The van der Waals surface area contributed by atoms with Gasteiger partial charge >= 0.3 is 0 Å². The lowest BCUT2D eigenvalue weighted by Crippen LogP contribution is -2.48. The predicted molar refractivity (Wildman–Crippen MR) is 68.5 cm³/mol. The molecule has 0 saturated carbocycles. The molecule has 1 saturated heterocycles. The van der Waals surface area contributed by atoms with Crippen LogP contribution in [-0.2, 0) is 0 Å². The highest BCUT2D eigenvalue weighted by Gasteiger charge is 2.27. The maximum atomic E-state index is 12.2. The Hall–Kier alpha value is -1.07. The number of nitrogens with zero attached hydrogens (tertiary/aromatic N) is 1. The second-order valence-corrected chi connectivity index (χ2v) is 5.57. The number of hydrogen-bond donors (Lipinski definition) is 1. The van der Waals surface area contributed by atoms with Gasteiger partial charge in [-0.25, -0.2) is 0 Å². The summed E-state index contributed by atoms with van der Waals surface area (Å²) in [7, 11) is 1.61. The molecular formula is C12H18N2O2S. The number of thiophene rings is 1. The first-order valence-corrected chi connectivity index (χ1v) is 6.65. The van der Waals surface area contributed by atoms with E-state index >= 15 is 0 Å². The molecular weight excluding hydrogens is 236 g/mol. The first kappa shape index (κ1) is 12.4. The Labute approximate surface area is 105 Å². The summed E-state index contributed by atoms with van der Waals surface area (Å²) < 4.78 is 5.09.